The molecule has 1 aliphatic heterocycles. The third-order valence-electron chi connectivity index (χ3n) is 4.83. The molecule has 3 heterocycles. The van der Waals surface area contributed by atoms with Crippen molar-refractivity contribution in [3.8, 4) is 34.1 Å². The summed E-state index contributed by atoms with van der Waals surface area (Å²) in [5.74, 6) is -0.131. The summed E-state index contributed by atoms with van der Waals surface area (Å²) in [5, 5.41) is 2.83. The standard InChI is InChI=1S/C23H14ClF2N3O4/c1-12-20(31-22(28-12)13-5-3-2-4-6-13)21(30)29-19-8-7-14(11-27-19)15-9-17-18(10-16(15)24)33-23(25,26)32-17/h2-11H,1H3,(H,27,29,30). The number of aromatic nitrogens is 2. The van der Waals surface area contributed by atoms with Gasteiger partial charge in [-0.2, -0.15) is 0 Å². The van der Waals surface area contributed by atoms with Gasteiger partial charge in [0.2, 0.25) is 11.7 Å². The molecular formula is C23H14ClF2N3O4. The average Bonchev–Trinajstić information content (AvgIpc) is 3.32. The second-order valence-electron chi connectivity index (χ2n) is 7.13. The van der Waals surface area contributed by atoms with Crippen LogP contribution in [-0.4, -0.2) is 22.2 Å². The molecule has 2 aromatic heterocycles. The number of amides is 1. The van der Waals surface area contributed by atoms with Crippen LogP contribution in [0.25, 0.3) is 22.6 Å². The van der Waals surface area contributed by atoms with Gasteiger partial charge in [0.15, 0.2) is 11.5 Å². The molecule has 0 saturated carbocycles. The fourth-order valence-corrected chi connectivity index (χ4v) is 3.57. The Morgan fingerprint density at radius 1 is 1.03 bits per heavy atom. The van der Waals surface area contributed by atoms with E-state index in [2.05, 4.69) is 24.8 Å². The van der Waals surface area contributed by atoms with Gasteiger partial charge in [-0.15, -0.1) is 8.78 Å². The number of pyridine rings is 1. The lowest BCUT2D eigenvalue weighted by atomic mass is 10.1. The van der Waals surface area contributed by atoms with Crippen molar-refractivity contribution in [3.05, 3.63) is 77.3 Å². The van der Waals surface area contributed by atoms with Crippen LogP contribution >= 0.6 is 11.6 Å². The van der Waals surface area contributed by atoms with Gasteiger partial charge in [0.1, 0.15) is 5.82 Å². The van der Waals surface area contributed by atoms with Gasteiger partial charge in [-0.3, -0.25) is 4.79 Å². The molecule has 0 atom stereocenters. The number of rotatable bonds is 4. The third kappa shape index (κ3) is 4.10. The molecule has 0 saturated heterocycles. The second kappa shape index (κ2) is 7.86. The number of ether oxygens (including phenoxy) is 2. The van der Waals surface area contributed by atoms with Gasteiger partial charge in [-0.1, -0.05) is 29.8 Å². The molecule has 1 N–H and O–H groups in total. The van der Waals surface area contributed by atoms with E-state index in [-0.39, 0.29) is 28.1 Å². The number of carbonyl (C=O) groups is 1. The lowest BCUT2D eigenvalue weighted by molar-refractivity contribution is -0.286. The summed E-state index contributed by atoms with van der Waals surface area (Å²) in [7, 11) is 0. The number of oxazole rings is 1. The smallest absolute Gasteiger partial charge is 0.431 e. The number of nitrogens with one attached hydrogen (secondary N) is 1. The normalized spacial score (nSPS) is 13.7. The van der Waals surface area contributed by atoms with E-state index in [0.717, 1.165) is 5.56 Å². The molecule has 5 rings (SSSR count). The lowest BCUT2D eigenvalue weighted by Gasteiger charge is -2.07. The van der Waals surface area contributed by atoms with Crippen LogP contribution in [0.2, 0.25) is 5.02 Å². The van der Waals surface area contributed by atoms with Crippen LogP contribution < -0.4 is 14.8 Å². The predicted octanol–water partition coefficient (Wildman–Crippen LogP) is 5.94. The highest BCUT2D eigenvalue weighted by atomic mass is 35.5. The highest BCUT2D eigenvalue weighted by Crippen LogP contribution is 2.46. The number of alkyl halides is 2. The third-order valence-corrected chi connectivity index (χ3v) is 5.14. The number of hydrogen-bond donors (Lipinski definition) is 1. The van der Waals surface area contributed by atoms with Crippen LogP contribution in [0, 0.1) is 6.92 Å². The first-order chi connectivity index (χ1) is 15.8. The Morgan fingerprint density at radius 3 is 2.45 bits per heavy atom. The Labute approximate surface area is 190 Å². The van der Waals surface area contributed by atoms with Crippen molar-refractivity contribution in [3.63, 3.8) is 0 Å². The Morgan fingerprint density at radius 2 is 1.76 bits per heavy atom. The van der Waals surface area contributed by atoms with Crippen LogP contribution in [0.15, 0.2) is 65.2 Å². The van der Waals surface area contributed by atoms with E-state index in [1.165, 1.54) is 18.3 Å². The Hall–Kier alpha value is -3.98. The first kappa shape index (κ1) is 20.9. The van der Waals surface area contributed by atoms with E-state index in [4.69, 9.17) is 16.0 Å². The van der Waals surface area contributed by atoms with Crippen LogP contribution in [0.1, 0.15) is 16.2 Å². The Balaban J connectivity index is 1.34. The SMILES string of the molecule is Cc1nc(-c2ccccc2)oc1C(=O)Nc1ccc(-c2cc3c(cc2Cl)OC(F)(F)O3)cn1. The number of benzene rings is 2. The predicted molar refractivity (Wildman–Crippen MR) is 116 cm³/mol. The average molecular weight is 470 g/mol. The minimum atomic E-state index is -3.74. The fraction of sp³-hybridized carbons (Fsp3) is 0.0870. The van der Waals surface area contributed by atoms with E-state index in [9.17, 15) is 13.6 Å². The quantitative estimate of drug-likeness (QED) is 0.398. The van der Waals surface area contributed by atoms with Crippen molar-refractivity contribution < 1.29 is 27.5 Å². The molecule has 0 aliphatic carbocycles. The molecule has 33 heavy (non-hydrogen) atoms. The molecule has 7 nitrogen and oxygen atoms in total. The van der Waals surface area contributed by atoms with Gasteiger partial charge in [-0.25, -0.2) is 9.97 Å². The van der Waals surface area contributed by atoms with E-state index in [1.54, 1.807) is 19.1 Å². The van der Waals surface area contributed by atoms with Crippen molar-refractivity contribution in [1.29, 1.82) is 0 Å². The molecule has 10 heteroatoms. The number of halogens is 3. The van der Waals surface area contributed by atoms with Gasteiger partial charge < -0.3 is 19.2 Å². The summed E-state index contributed by atoms with van der Waals surface area (Å²) < 4.78 is 41.1. The molecule has 1 aliphatic rings. The molecular weight excluding hydrogens is 456 g/mol. The summed E-state index contributed by atoms with van der Waals surface area (Å²) >= 11 is 6.21. The number of anilines is 1. The molecule has 0 spiro atoms. The number of fused-ring (bicyclic) bond motifs is 1. The highest BCUT2D eigenvalue weighted by Gasteiger charge is 2.43. The van der Waals surface area contributed by atoms with Gasteiger partial charge in [0, 0.05) is 29.0 Å². The van der Waals surface area contributed by atoms with Gasteiger partial charge in [-0.05, 0) is 37.3 Å². The van der Waals surface area contributed by atoms with E-state index >= 15 is 0 Å². The maximum atomic E-state index is 13.3. The lowest BCUT2D eigenvalue weighted by Crippen LogP contribution is -2.25. The summed E-state index contributed by atoms with van der Waals surface area (Å²) in [4.78, 5) is 21.2. The molecule has 4 aromatic rings. The minimum absolute atomic E-state index is 0.0690. The minimum Gasteiger partial charge on any atom is -0.431 e. The zero-order chi connectivity index (χ0) is 23.2. The molecule has 2 aromatic carbocycles. The zero-order valence-corrected chi connectivity index (χ0v) is 17.7. The first-order valence-electron chi connectivity index (χ1n) is 9.69. The second-order valence-corrected chi connectivity index (χ2v) is 7.54. The van der Waals surface area contributed by atoms with Crippen molar-refractivity contribution in [2.45, 2.75) is 13.2 Å². The van der Waals surface area contributed by atoms with Gasteiger partial charge >= 0.3 is 6.29 Å². The van der Waals surface area contributed by atoms with Crippen molar-refractivity contribution in [2.75, 3.05) is 5.32 Å². The highest BCUT2D eigenvalue weighted by molar-refractivity contribution is 6.33. The molecule has 0 radical (unpaired) electrons. The van der Waals surface area contributed by atoms with Gasteiger partial charge in [0.25, 0.3) is 5.91 Å². The van der Waals surface area contributed by atoms with Crippen molar-refractivity contribution in [2.24, 2.45) is 0 Å². The molecule has 1 amide bonds. The molecule has 0 unspecified atom stereocenters. The first-order valence-corrected chi connectivity index (χ1v) is 10.1. The number of nitrogens with zero attached hydrogens (tertiary/aromatic N) is 2. The van der Waals surface area contributed by atoms with E-state index in [1.807, 2.05) is 30.3 Å². The van der Waals surface area contributed by atoms with Crippen LogP contribution in [0.4, 0.5) is 14.6 Å². The monoisotopic (exact) mass is 469 g/mol. The summed E-state index contributed by atoms with van der Waals surface area (Å²) in [5.41, 5.74) is 2.13. The number of carbonyl (C=O) groups excluding carboxylic acids is 1. The summed E-state index contributed by atoms with van der Waals surface area (Å²) in [6.45, 7) is 1.67. The number of aryl methyl sites for hydroxylation is 1. The summed E-state index contributed by atoms with van der Waals surface area (Å²) in [6, 6.07) is 15.0. The number of hydrogen-bond acceptors (Lipinski definition) is 6. The van der Waals surface area contributed by atoms with Crippen LogP contribution in [-0.2, 0) is 0 Å². The topological polar surface area (TPSA) is 86.5 Å². The zero-order valence-electron chi connectivity index (χ0n) is 16.9. The van der Waals surface area contributed by atoms with Gasteiger partial charge in [0.05, 0.1) is 10.7 Å². The maximum absolute atomic E-state index is 13.3. The molecule has 0 fully saturated rings. The summed E-state index contributed by atoms with van der Waals surface area (Å²) in [6.07, 6.45) is -2.30. The van der Waals surface area contributed by atoms with Crippen LogP contribution in [0.5, 0.6) is 11.5 Å². The fourth-order valence-electron chi connectivity index (χ4n) is 3.30. The van der Waals surface area contributed by atoms with Crippen LogP contribution in [0.3, 0.4) is 0 Å². The van der Waals surface area contributed by atoms with Crippen molar-refractivity contribution in [1.82, 2.24) is 9.97 Å². The van der Waals surface area contributed by atoms with E-state index in [0.29, 0.717) is 22.7 Å². The Bertz CT molecular complexity index is 1360. The van der Waals surface area contributed by atoms with E-state index < -0.39 is 12.2 Å². The maximum Gasteiger partial charge on any atom is 0.586 e. The molecule has 166 valence electrons. The largest absolute Gasteiger partial charge is 0.586 e. The van der Waals surface area contributed by atoms with Crippen molar-refractivity contribution >= 4 is 23.3 Å². The Kier molecular flexibility index (Phi) is 4.98. The molecule has 0 bridgehead atoms.